The molecule has 82 valence electrons. The lowest BCUT2D eigenvalue weighted by Gasteiger charge is -2.13. The molecule has 4 aliphatic rings. The lowest BCUT2D eigenvalue weighted by atomic mass is 10.0. The normalized spacial score (nSPS) is 54.7. The Labute approximate surface area is 90.0 Å². The fourth-order valence-electron chi connectivity index (χ4n) is 3.84. The molecule has 2 N–H and O–H groups in total. The standard InChI is InChI=1S/C12H18N2O/c15-12(8-2-6-1-7(6)3-8)14-11-9-4-13-5-10(9)11/h6-11,13H,1-5H2,(H,14,15). The number of hydrogen-bond donors (Lipinski definition) is 2. The van der Waals surface area contributed by atoms with E-state index in [1.54, 1.807) is 0 Å². The minimum absolute atomic E-state index is 0.363. The van der Waals surface area contributed by atoms with E-state index in [2.05, 4.69) is 10.6 Å². The predicted octanol–water partition coefficient (Wildman–Crippen LogP) is 0.366. The zero-order valence-corrected chi connectivity index (χ0v) is 8.91. The van der Waals surface area contributed by atoms with Crippen molar-refractivity contribution in [3.05, 3.63) is 0 Å². The van der Waals surface area contributed by atoms with Gasteiger partial charge in [-0.15, -0.1) is 0 Å². The van der Waals surface area contributed by atoms with E-state index in [0.717, 1.165) is 36.8 Å². The van der Waals surface area contributed by atoms with E-state index in [1.807, 2.05) is 0 Å². The first-order chi connectivity index (χ1) is 7.33. The maximum absolute atomic E-state index is 12.0. The highest BCUT2D eigenvalue weighted by Crippen LogP contribution is 2.54. The Kier molecular flexibility index (Phi) is 1.58. The smallest absolute Gasteiger partial charge is 0.223 e. The van der Waals surface area contributed by atoms with Crippen molar-refractivity contribution in [1.82, 2.24) is 10.6 Å². The third-order valence-electron chi connectivity index (χ3n) is 5.01. The number of rotatable bonds is 2. The second kappa shape index (κ2) is 2.76. The Morgan fingerprint density at radius 3 is 2.40 bits per heavy atom. The van der Waals surface area contributed by atoms with Crippen LogP contribution in [-0.2, 0) is 4.79 Å². The quantitative estimate of drug-likeness (QED) is 0.685. The summed E-state index contributed by atoms with van der Waals surface area (Å²) in [6, 6.07) is 0.524. The molecule has 1 amide bonds. The van der Waals surface area contributed by atoms with Crippen LogP contribution in [0, 0.1) is 29.6 Å². The lowest BCUT2D eigenvalue weighted by Crippen LogP contribution is -2.36. The summed E-state index contributed by atoms with van der Waals surface area (Å²) in [4.78, 5) is 12.0. The van der Waals surface area contributed by atoms with Crippen LogP contribution >= 0.6 is 0 Å². The van der Waals surface area contributed by atoms with Gasteiger partial charge < -0.3 is 10.6 Å². The lowest BCUT2D eigenvalue weighted by molar-refractivity contribution is -0.125. The van der Waals surface area contributed by atoms with Gasteiger partial charge in [-0.1, -0.05) is 0 Å². The minimum atomic E-state index is 0.363. The van der Waals surface area contributed by atoms with Gasteiger partial charge in [0.2, 0.25) is 5.91 Å². The van der Waals surface area contributed by atoms with Crippen LogP contribution in [-0.4, -0.2) is 25.0 Å². The van der Waals surface area contributed by atoms with E-state index in [0.29, 0.717) is 17.9 Å². The molecule has 0 aromatic rings. The maximum Gasteiger partial charge on any atom is 0.223 e. The van der Waals surface area contributed by atoms with Crippen molar-refractivity contribution >= 4 is 5.91 Å². The number of amides is 1. The molecule has 4 fully saturated rings. The van der Waals surface area contributed by atoms with Crippen molar-refractivity contribution in [1.29, 1.82) is 0 Å². The van der Waals surface area contributed by atoms with Crippen LogP contribution in [0.2, 0.25) is 0 Å². The average molecular weight is 206 g/mol. The summed E-state index contributed by atoms with van der Waals surface area (Å²) in [7, 11) is 0. The van der Waals surface area contributed by atoms with Gasteiger partial charge in [0.25, 0.3) is 0 Å². The Balaban J connectivity index is 1.33. The molecule has 1 saturated heterocycles. The first kappa shape index (κ1) is 8.57. The zero-order chi connectivity index (χ0) is 9.99. The molecule has 4 unspecified atom stereocenters. The fraction of sp³-hybridized carbons (Fsp3) is 0.917. The summed E-state index contributed by atoms with van der Waals surface area (Å²) in [6.45, 7) is 2.23. The topological polar surface area (TPSA) is 41.1 Å². The molecular weight excluding hydrogens is 188 g/mol. The van der Waals surface area contributed by atoms with Gasteiger partial charge >= 0.3 is 0 Å². The highest BCUT2D eigenvalue weighted by atomic mass is 16.2. The molecule has 0 aromatic heterocycles. The molecule has 0 radical (unpaired) electrons. The average Bonchev–Trinajstić information content (AvgIpc) is 2.97. The van der Waals surface area contributed by atoms with Crippen molar-refractivity contribution in [2.75, 3.05) is 13.1 Å². The third kappa shape index (κ3) is 1.25. The summed E-state index contributed by atoms with van der Waals surface area (Å²) in [5, 5.41) is 6.62. The number of carbonyl (C=O) groups excluding carboxylic acids is 1. The maximum atomic E-state index is 12.0. The van der Waals surface area contributed by atoms with Crippen LogP contribution in [0.25, 0.3) is 0 Å². The van der Waals surface area contributed by atoms with Crippen LogP contribution in [0.1, 0.15) is 19.3 Å². The molecular formula is C12H18N2O. The van der Waals surface area contributed by atoms with E-state index >= 15 is 0 Å². The fourth-order valence-corrected chi connectivity index (χ4v) is 3.84. The van der Waals surface area contributed by atoms with Crippen LogP contribution in [0.5, 0.6) is 0 Å². The highest BCUT2D eigenvalue weighted by Gasteiger charge is 2.55. The second-order valence-electron chi connectivity index (χ2n) is 5.94. The number of nitrogens with one attached hydrogen (secondary N) is 2. The Hall–Kier alpha value is -0.570. The summed E-state index contributed by atoms with van der Waals surface area (Å²) in [6.07, 6.45) is 3.76. The van der Waals surface area contributed by atoms with Crippen molar-refractivity contribution in [3.8, 4) is 0 Å². The molecule has 3 saturated carbocycles. The van der Waals surface area contributed by atoms with Crippen molar-refractivity contribution < 1.29 is 4.79 Å². The van der Waals surface area contributed by atoms with Gasteiger partial charge in [-0.05, 0) is 42.9 Å². The van der Waals surface area contributed by atoms with Gasteiger partial charge in [0.05, 0.1) is 0 Å². The van der Waals surface area contributed by atoms with E-state index in [9.17, 15) is 4.79 Å². The largest absolute Gasteiger partial charge is 0.352 e. The molecule has 4 atom stereocenters. The zero-order valence-electron chi connectivity index (χ0n) is 8.91. The van der Waals surface area contributed by atoms with E-state index in [4.69, 9.17) is 0 Å². The van der Waals surface area contributed by atoms with Crippen LogP contribution in [0.15, 0.2) is 0 Å². The minimum Gasteiger partial charge on any atom is -0.352 e. The van der Waals surface area contributed by atoms with Gasteiger partial charge in [-0.25, -0.2) is 0 Å². The van der Waals surface area contributed by atoms with Crippen LogP contribution in [0.3, 0.4) is 0 Å². The second-order valence-corrected chi connectivity index (χ2v) is 5.94. The van der Waals surface area contributed by atoms with Crippen molar-refractivity contribution in [3.63, 3.8) is 0 Å². The van der Waals surface area contributed by atoms with Crippen LogP contribution < -0.4 is 10.6 Å². The predicted molar refractivity (Wildman–Crippen MR) is 56.1 cm³/mol. The molecule has 3 heteroatoms. The van der Waals surface area contributed by atoms with Gasteiger partial charge in [-0.2, -0.15) is 0 Å². The molecule has 0 spiro atoms. The number of hydrogen-bond acceptors (Lipinski definition) is 2. The molecule has 1 heterocycles. The highest BCUT2D eigenvalue weighted by molar-refractivity contribution is 5.80. The summed E-state index contributed by atoms with van der Waals surface area (Å²) in [5.74, 6) is 4.07. The SMILES string of the molecule is O=C(NC1C2CNCC21)C1CC2CC2C1. The Morgan fingerprint density at radius 2 is 1.73 bits per heavy atom. The van der Waals surface area contributed by atoms with Crippen molar-refractivity contribution in [2.45, 2.75) is 25.3 Å². The van der Waals surface area contributed by atoms with E-state index < -0.39 is 0 Å². The molecule has 4 rings (SSSR count). The monoisotopic (exact) mass is 206 g/mol. The molecule has 3 nitrogen and oxygen atoms in total. The van der Waals surface area contributed by atoms with Crippen molar-refractivity contribution in [2.24, 2.45) is 29.6 Å². The summed E-state index contributed by atoms with van der Waals surface area (Å²) in [5.41, 5.74) is 0. The number of carbonyl (C=O) groups is 1. The Bertz CT molecular complexity index is 297. The number of piperidine rings is 1. The molecule has 15 heavy (non-hydrogen) atoms. The van der Waals surface area contributed by atoms with E-state index in [1.165, 1.54) is 19.3 Å². The van der Waals surface area contributed by atoms with E-state index in [-0.39, 0.29) is 0 Å². The number of fused-ring (bicyclic) bond motifs is 2. The Morgan fingerprint density at radius 1 is 1.07 bits per heavy atom. The van der Waals surface area contributed by atoms with Crippen LogP contribution in [0.4, 0.5) is 0 Å². The first-order valence-corrected chi connectivity index (χ1v) is 6.34. The van der Waals surface area contributed by atoms with Gasteiger partial charge in [0, 0.05) is 25.0 Å². The molecule has 3 aliphatic carbocycles. The first-order valence-electron chi connectivity index (χ1n) is 6.34. The van der Waals surface area contributed by atoms with Gasteiger partial charge in [0.1, 0.15) is 0 Å². The van der Waals surface area contributed by atoms with Gasteiger partial charge in [-0.3, -0.25) is 4.79 Å². The summed E-state index contributed by atoms with van der Waals surface area (Å²) >= 11 is 0. The van der Waals surface area contributed by atoms with Gasteiger partial charge in [0.15, 0.2) is 0 Å². The molecule has 0 aromatic carbocycles. The molecule has 0 bridgehead atoms. The summed E-state index contributed by atoms with van der Waals surface area (Å²) < 4.78 is 0. The molecule has 1 aliphatic heterocycles. The third-order valence-corrected chi connectivity index (χ3v) is 5.01.